The minimum absolute atomic E-state index is 0.0151. The van der Waals surface area contributed by atoms with Gasteiger partial charge in [0.25, 0.3) is 0 Å². The number of hydrogen-bond acceptors (Lipinski definition) is 4. The van der Waals surface area contributed by atoms with Gasteiger partial charge in [-0.1, -0.05) is 0 Å². The number of aliphatic hydroxyl groups is 1. The number of carboxylic acid groups (broad SMARTS) is 1. The van der Waals surface area contributed by atoms with Crippen molar-refractivity contribution in [2.24, 2.45) is 5.92 Å². The molecule has 0 fully saturated rings. The topological polar surface area (TPSA) is 104 Å². The monoisotopic (exact) mass is 281 g/mol. The Bertz CT molecular complexity index is 512. The number of carbonyl (C=O) groups excluding carboxylic acids is 1. The molecule has 110 valence electrons. The van der Waals surface area contributed by atoms with Crippen LogP contribution in [0.25, 0.3) is 0 Å². The van der Waals surface area contributed by atoms with E-state index in [-0.39, 0.29) is 12.6 Å². The Labute approximate surface area is 116 Å². The molecule has 2 rings (SSSR count). The minimum atomic E-state index is -1.13. The van der Waals surface area contributed by atoms with Gasteiger partial charge >= 0.3 is 5.97 Å². The highest BCUT2D eigenvalue weighted by atomic mass is 16.4. The minimum Gasteiger partial charge on any atom is -0.481 e. The molecule has 0 aliphatic heterocycles. The molecule has 1 aromatic rings. The van der Waals surface area contributed by atoms with E-state index in [0.29, 0.717) is 6.54 Å². The van der Waals surface area contributed by atoms with Gasteiger partial charge in [-0.2, -0.15) is 5.10 Å². The zero-order valence-corrected chi connectivity index (χ0v) is 11.4. The smallest absolute Gasteiger partial charge is 0.315 e. The molecule has 1 aliphatic rings. The van der Waals surface area contributed by atoms with Gasteiger partial charge in [0.1, 0.15) is 5.92 Å². The first-order valence-electron chi connectivity index (χ1n) is 6.73. The third-order valence-electron chi connectivity index (χ3n) is 3.65. The second-order valence-corrected chi connectivity index (χ2v) is 5.01. The highest BCUT2D eigenvalue weighted by molar-refractivity contribution is 5.96. The van der Waals surface area contributed by atoms with Crippen molar-refractivity contribution < 1.29 is 19.8 Å². The number of fused-ring (bicyclic) bond motifs is 1. The van der Waals surface area contributed by atoms with E-state index in [9.17, 15) is 9.59 Å². The van der Waals surface area contributed by atoms with Gasteiger partial charge in [0.2, 0.25) is 5.91 Å². The van der Waals surface area contributed by atoms with Crippen LogP contribution < -0.4 is 5.32 Å². The number of carboxylic acids is 1. The van der Waals surface area contributed by atoms with Gasteiger partial charge < -0.3 is 15.5 Å². The van der Waals surface area contributed by atoms with Gasteiger partial charge in [-0.05, 0) is 26.2 Å². The second kappa shape index (κ2) is 6.04. The molecule has 0 spiro atoms. The first kappa shape index (κ1) is 14.5. The number of aliphatic carboxylic acids is 1. The van der Waals surface area contributed by atoms with Crippen molar-refractivity contribution in [2.75, 3.05) is 6.61 Å². The summed E-state index contributed by atoms with van der Waals surface area (Å²) in [7, 11) is 0. The Balaban J connectivity index is 2.13. The molecule has 1 aliphatic carbocycles. The molecule has 0 bridgehead atoms. The van der Waals surface area contributed by atoms with Crippen molar-refractivity contribution in [3.8, 4) is 0 Å². The lowest BCUT2D eigenvalue weighted by Crippen LogP contribution is -2.37. The summed E-state index contributed by atoms with van der Waals surface area (Å²) < 4.78 is 1.74. The maximum atomic E-state index is 11.8. The summed E-state index contributed by atoms with van der Waals surface area (Å²) in [4.78, 5) is 22.6. The van der Waals surface area contributed by atoms with Gasteiger partial charge in [-0.25, -0.2) is 0 Å². The quantitative estimate of drug-likeness (QED) is 0.663. The predicted octanol–water partition coefficient (Wildman–Crippen LogP) is 0.0897. The summed E-state index contributed by atoms with van der Waals surface area (Å²) in [5, 5.41) is 24.8. The molecule has 1 heterocycles. The third kappa shape index (κ3) is 2.82. The summed E-state index contributed by atoms with van der Waals surface area (Å²) in [6, 6.07) is -0.194. The lowest BCUT2D eigenvalue weighted by atomic mass is 9.92. The number of nitrogens with zero attached hydrogens (tertiary/aromatic N) is 2. The molecule has 20 heavy (non-hydrogen) atoms. The summed E-state index contributed by atoms with van der Waals surface area (Å²) in [5.74, 6) is -2.67. The van der Waals surface area contributed by atoms with Crippen molar-refractivity contribution in [1.29, 1.82) is 0 Å². The maximum Gasteiger partial charge on any atom is 0.315 e. The SMILES string of the molecule is CC(C(=O)O)C(=O)NC1CCCc2c1cnn2CCO. The number of amides is 1. The normalized spacial score (nSPS) is 19.2. The summed E-state index contributed by atoms with van der Waals surface area (Å²) in [5.41, 5.74) is 1.94. The van der Waals surface area contributed by atoms with Crippen LogP contribution in [-0.2, 0) is 22.6 Å². The van der Waals surface area contributed by atoms with Gasteiger partial charge in [-0.15, -0.1) is 0 Å². The van der Waals surface area contributed by atoms with E-state index >= 15 is 0 Å². The van der Waals surface area contributed by atoms with Crippen LogP contribution in [0, 0.1) is 5.92 Å². The van der Waals surface area contributed by atoms with E-state index in [1.54, 1.807) is 10.9 Å². The van der Waals surface area contributed by atoms with Gasteiger partial charge in [0, 0.05) is 11.3 Å². The molecule has 2 unspecified atom stereocenters. The molecular weight excluding hydrogens is 262 g/mol. The van der Waals surface area contributed by atoms with Crippen molar-refractivity contribution in [1.82, 2.24) is 15.1 Å². The molecule has 7 nitrogen and oxygen atoms in total. The number of rotatable bonds is 5. The van der Waals surface area contributed by atoms with E-state index in [1.165, 1.54) is 6.92 Å². The van der Waals surface area contributed by atoms with Crippen molar-refractivity contribution in [3.05, 3.63) is 17.5 Å². The van der Waals surface area contributed by atoms with Crippen LogP contribution in [-0.4, -0.2) is 38.5 Å². The molecule has 7 heteroatoms. The van der Waals surface area contributed by atoms with Crippen LogP contribution in [0.5, 0.6) is 0 Å². The Morgan fingerprint density at radius 3 is 3.00 bits per heavy atom. The summed E-state index contributed by atoms with van der Waals surface area (Å²) >= 11 is 0. The van der Waals surface area contributed by atoms with Crippen LogP contribution in [0.2, 0.25) is 0 Å². The van der Waals surface area contributed by atoms with Crippen LogP contribution in [0.3, 0.4) is 0 Å². The van der Waals surface area contributed by atoms with E-state index in [2.05, 4.69) is 10.4 Å². The lowest BCUT2D eigenvalue weighted by Gasteiger charge is -2.25. The van der Waals surface area contributed by atoms with Gasteiger partial charge in [0.15, 0.2) is 0 Å². The number of aliphatic hydroxyl groups excluding tert-OH is 1. The average molecular weight is 281 g/mol. The molecule has 0 saturated carbocycles. The van der Waals surface area contributed by atoms with E-state index < -0.39 is 17.8 Å². The standard InChI is InChI=1S/C13H19N3O4/c1-8(13(19)20)12(18)15-10-3-2-4-11-9(10)7-14-16(11)5-6-17/h7-8,10,17H,2-6H2,1H3,(H,15,18)(H,19,20). The highest BCUT2D eigenvalue weighted by Gasteiger charge is 2.28. The Kier molecular flexibility index (Phi) is 4.39. The predicted molar refractivity (Wildman–Crippen MR) is 69.9 cm³/mol. The van der Waals surface area contributed by atoms with E-state index in [1.807, 2.05) is 0 Å². The van der Waals surface area contributed by atoms with Crippen LogP contribution in [0.1, 0.15) is 37.1 Å². The molecule has 0 aromatic carbocycles. The highest BCUT2D eigenvalue weighted by Crippen LogP contribution is 2.29. The fraction of sp³-hybridized carbons (Fsp3) is 0.615. The summed E-state index contributed by atoms with van der Waals surface area (Å²) in [6.07, 6.45) is 4.23. The second-order valence-electron chi connectivity index (χ2n) is 5.01. The van der Waals surface area contributed by atoms with Gasteiger partial charge in [0.05, 0.1) is 25.4 Å². The first-order valence-corrected chi connectivity index (χ1v) is 6.73. The number of carbonyl (C=O) groups is 2. The maximum absolute atomic E-state index is 11.8. The van der Waals surface area contributed by atoms with Crippen LogP contribution in [0.4, 0.5) is 0 Å². The Morgan fingerprint density at radius 1 is 1.60 bits per heavy atom. The van der Waals surface area contributed by atoms with Crippen LogP contribution >= 0.6 is 0 Å². The molecule has 0 radical (unpaired) electrons. The molecule has 1 aromatic heterocycles. The molecular formula is C13H19N3O4. The zero-order valence-electron chi connectivity index (χ0n) is 11.4. The third-order valence-corrected chi connectivity index (χ3v) is 3.65. The molecule has 3 N–H and O–H groups in total. The zero-order chi connectivity index (χ0) is 14.7. The molecule has 2 atom stereocenters. The number of aromatic nitrogens is 2. The largest absolute Gasteiger partial charge is 0.481 e. The lowest BCUT2D eigenvalue weighted by molar-refractivity contribution is -0.146. The van der Waals surface area contributed by atoms with Gasteiger partial charge in [-0.3, -0.25) is 14.3 Å². The van der Waals surface area contributed by atoms with E-state index in [0.717, 1.165) is 30.5 Å². The van der Waals surface area contributed by atoms with E-state index in [4.69, 9.17) is 10.2 Å². The Hall–Kier alpha value is -1.89. The fourth-order valence-corrected chi connectivity index (χ4v) is 2.46. The van der Waals surface area contributed by atoms with Crippen molar-refractivity contribution in [2.45, 2.75) is 38.8 Å². The van der Waals surface area contributed by atoms with Crippen molar-refractivity contribution in [3.63, 3.8) is 0 Å². The Morgan fingerprint density at radius 2 is 2.35 bits per heavy atom. The van der Waals surface area contributed by atoms with Crippen molar-refractivity contribution >= 4 is 11.9 Å². The average Bonchev–Trinajstić information content (AvgIpc) is 2.82. The number of hydrogen-bond donors (Lipinski definition) is 3. The van der Waals surface area contributed by atoms with Crippen LogP contribution in [0.15, 0.2) is 6.20 Å². The fourth-order valence-electron chi connectivity index (χ4n) is 2.46. The first-order chi connectivity index (χ1) is 9.54. The summed E-state index contributed by atoms with van der Waals surface area (Å²) in [6.45, 7) is 1.82. The molecule has 0 saturated heterocycles. The number of nitrogens with one attached hydrogen (secondary N) is 1. The molecule has 1 amide bonds.